The molecule has 1 aliphatic heterocycles. The molecule has 7 heteroatoms. The fraction of sp³-hybridized carbons (Fsp3) is 0.333. The lowest BCUT2D eigenvalue weighted by atomic mass is 10.1. The lowest BCUT2D eigenvalue weighted by Crippen LogP contribution is -2.43. The lowest BCUT2D eigenvalue weighted by molar-refractivity contribution is -0.115. The number of nitrogens with one attached hydrogen (secondary N) is 1. The first-order chi connectivity index (χ1) is 15.0. The molecule has 1 aliphatic rings. The molecule has 0 spiro atoms. The summed E-state index contributed by atoms with van der Waals surface area (Å²) in [6.45, 7) is 7.52. The van der Waals surface area contributed by atoms with Gasteiger partial charge in [0.15, 0.2) is 0 Å². The number of piperazine rings is 1. The van der Waals surface area contributed by atoms with Gasteiger partial charge in [-0.15, -0.1) is 11.3 Å². The fourth-order valence-electron chi connectivity index (χ4n) is 3.62. The normalized spacial score (nSPS) is 15.2. The van der Waals surface area contributed by atoms with Gasteiger partial charge in [-0.05, 0) is 53.2 Å². The van der Waals surface area contributed by atoms with Gasteiger partial charge in [0.25, 0.3) is 0 Å². The van der Waals surface area contributed by atoms with Gasteiger partial charge in [-0.2, -0.15) is 0 Å². The molecule has 2 heterocycles. The van der Waals surface area contributed by atoms with Gasteiger partial charge in [0.1, 0.15) is 5.01 Å². The van der Waals surface area contributed by atoms with Crippen molar-refractivity contribution in [2.24, 2.45) is 0 Å². The lowest BCUT2D eigenvalue weighted by Gasteiger charge is -2.32. The highest BCUT2D eigenvalue weighted by molar-refractivity contribution is 9.10. The van der Waals surface area contributed by atoms with Crippen LogP contribution in [0, 0.1) is 6.92 Å². The molecule has 162 valence electrons. The van der Waals surface area contributed by atoms with E-state index in [0.717, 1.165) is 64.7 Å². The Kier molecular flexibility index (Phi) is 7.17. The van der Waals surface area contributed by atoms with Gasteiger partial charge in [0, 0.05) is 48.1 Å². The van der Waals surface area contributed by atoms with Crippen molar-refractivity contribution in [1.82, 2.24) is 14.8 Å². The third-order valence-corrected chi connectivity index (χ3v) is 7.09. The van der Waals surface area contributed by atoms with Crippen molar-refractivity contribution in [3.8, 4) is 10.6 Å². The molecule has 3 aromatic rings. The van der Waals surface area contributed by atoms with Crippen LogP contribution < -0.4 is 5.32 Å². The number of aromatic nitrogens is 1. The average molecular weight is 499 g/mol. The van der Waals surface area contributed by atoms with Crippen molar-refractivity contribution in [3.63, 3.8) is 0 Å². The predicted octanol–water partition coefficient (Wildman–Crippen LogP) is 4.81. The Morgan fingerprint density at radius 2 is 1.87 bits per heavy atom. The summed E-state index contributed by atoms with van der Waals surface area (Å²) in [6.07, 6.45) is 0.262. The number of benzene rings is 2. The maximum Gasteiger partial charge on any atom is 0.230 e. The van der Waals surface area contributed by atoms with Gasteiger partial charge >= 0.3 is 0 Å². The van der Waals surface area contributed by atoms with Crippen molar-refractivity contribution in [1.29, 1.82) is 0 Å². The number of carbonyl (C=O) groups excluding carboxylic acids is 1. The number of nitrogens with zero attached hydrogens (tertiary/aromatic N) is 3. The van der Waals surface area contributed by atoms with Crippen molar-refractivity contribution in [3.05, 3.63) is 69.1 Å². The number of rotatable bonds is 6. The minimum atomic E-state index is -0.0658. The van der Waals surface area contributed by atoms with Crippen molar-refractivity contribution in [2.45, 2.75) is 19.9 Å². The third kappa shape index (κ3) is 6.01. The molecule has 5 nitrogen and oxygen atoms in total. The van der Waals surface area contributed by atoms with Gasteiger partial charge in [-0.3, -0.25) is 9.69 Å². The van der Waals surface area contributed by atoms with E-state index in [2.05, 4.69) is 67.3 Å². The van der Waals surface area contributed by atoms with Gasteiger partial charge in [0.2, 0.25) is 5.91 Å². The first-order valence-corrected chi connectivity index (χ1v) is 12.1. The van der Waals surface area contributed by atoms with Crippen LogP contribution in [0.2, 0.25) is 0 Å². The number of carbonyl (C=O) groups is 1. The summed E-state index contributed by atoms with van der Waals surface area (Å²) >= 11 is 5.08. The van der Waals surface area contributed by atoms with E-state index in [4.69, 9.17) is 0 Å². The second kappa shape index (κ2) is 10.0. The van der Waals surface area contributed by atoms with Crippen molar-refractivity contribution >= 4 is 38.9 Å². The van der Waals surface area contributed by atoms with Crippen LogP contribution in [0.25, 0.3) is 10.6 Å². The van der Waals surface area contributed by atoms with Crippen LogP contribution in [0.4, 0.5) is 5.69 Å². The standard InChI is InChI=1S/C24H27BrN4OS/c1-17-3-8-22(21(25)13-17)27-23(30)14-20-16-31-24(26-20)19-6-4-18(5-7-19)15-29-11-9-28(2)10-12-29/h3-8,13,16H,9-12,14-15H2,1-2H3,(H,27,30). The first kappa shape index (κ1) is 22.1. The average Bonchev–Trinajstić information content (AvgIpc) is 3.21. The molecule has 1 N–H and O–H groups in total. The van der Waals surface area contributed by atoms with Gasteiger partial charge in [0.05, 0.1) is 17.8 Å². The summed E-state index contributed by atoms with van der Waals surface area (Å²) in [4.78, 5) is 22.0. The molecule has 0 aliphatic carbocycles. The Labute approximate surface area is 196 Å². The molecular weight excluding hydrogens is 472 g/mol. The number of halogens is 1. The summed E-state index contributed by atoms with van der Waals surface area (Å²) in [6, 6.07) is 14.5. The van der Waals surface area contributed by atoms with E-state index in [1.165, 1.54) is 5.56 Å². The largest absolute Gasteiger partial charge is 0.325 e. The topological polar surface area (TPSA) is 48.5 Å². The summed E-state index contributed by atoms with van der Waals surface area (Å²) in [5.41, 5.74) is 5.14. The maximum absolute atomic E-state index is 12.4. The van der Waals surface area contributed by atoms with E-state index >= 15 is 0 Å². The van der Waals surface area contributed by atoms with Crippen LogP contribution in [0.15, 0.2) is 52.3 Å². The predicted molar refractivity (Wildman–Crippen MR) is 132 cm³/mol. The second-order valence-electron chi connectivity index (χ2n) is 8.13. The summed E-state index contributed by atoms with van der Waals surface area (Å²) in [5.74, 6) is -0.0658. The zero-order valence-corrected chi connectivity index (χ0v) is 20.3. The quantitative estimate of drug-likeness (QED) is 0.529. The van der Waals surface area contributed by atoms with E-state index in [9.17, 15) is 4.79 Å². The Balaban J connectivity index is 1.34. The van der Waals surface area contributed by atoms with Crippen molar-refractivity contribution in [2.75, 3.05) is 38.5 Å². The minimum absolute atomic E-state index is 0.0658. The van der Waals surface area contributed by atoms with E-state index < -0.39 is 0 Å². The number of likely N-dealkylation sites (N-methyl/N-ethyl adjacent to an activating group) is 1. The van der Waals surface area contributed by atoms with Crippen LogP contribution in [0.5, 0.6) is 0 Å². The van der Waals surface area contributed by atoms with Crippen LogP contribution in [-0.2, 0) is 17.8 Å². The van der Waals surface area contributed by atoms with E-state index in [1.807, 2.05) is 30.5 Å². The SMILES string of the molecule is Cc1ccc(NC(=O)Cc2csc(-c3ccc(CN4CCN(C)CC4)cc3)n2)c(Br)c1. The summed E-state index contributed by atoms with van der Waals surface area (Å²) < 4.78 is 0.886. The molecular formula is C24H27BrN4OS. The third-order valence-electron chi connectivity index (χ3n) is 5.50. The van der Waals surface area contributed by atoms with Crippen LogP contribution in [0.1, 0.15) is 16.8 Å². The van der Waals surface area contributed by atoms with E-state index in [1.54, 1.807) is 11.3 Å². The molecule has 1 fully saturated rings. The molecule has 0 radical (unpaired) electrons. The Morgan fingerprint density at radius 1 is 1.13 bits per heavy atom. The van der Waals surface area contributed by atoms with Crippen LogP contribution in [-0.4, -0.2) is 53.9 Å². The number of aryl methyl sites for hydroxylation is 1. The highest BCUT2D eigenvalue weighted by Gasteiger charge is 2.14. The molecule has 31 heavy (non-hydrogen) atoms. The molecule has 0 atom stereocenters. The monoisotopic (exact) mass is 498 g/mol. The van der Waals surface area contributed by atoms with Gasteiger partial charge in [-0.1, -0.05) is 30.3 Å². The van der Waals surface area contributed by atoms with E-state index in [-0.39, 0.29) is 12.3 Å². The molecule has 4 rings (SSSR count). The molecule has 1 aromatic heterocycles. The molecule has 0 bridgehead atoms. The van der Waals surface area contributed by atoms with Gasteiger partial charge < -0.3 is 10.2 Å². The maximum atomic E-state index is 12.4. The number of anilines is 1. The molecule has 1 saturated heterocycles. The molecule has 1 amide bonds. The highest BCUT2D eigenvalue weighted by Crippen LogP contribution is 2.26. The molecule has 0 unspecified atom stereocenters. The van der Waals surface area contributed by atoms with Gasteiger partial charge in [-0.25, -0.2) is 4.98 Å². The number of hydrogen-bond acceptors (Lipinski definition) is 5. The second-order valence-corrected chi connectivity index (χ2v) is 9.84. The van der Waals surface area contributed by atoms with Crippen molar-refractivity contribution < 1.29 is 4.79 Å². The summed E-state index contributed by atoms with van der Waals surface area (Å²) in [5, 5.41) is 5.87. The molecule has 2 aromatic carbocycles. The Bertz CT molecular complexity index is 1040. The zero-order chi connectivity index (χ0) is 21.8. The van der Waals surface area contributed by atoms with Crippen LogP contribution >= 0.6 is 27.3 Å². The smallest absolute Gasteiger partial charge is 0.230 e. The van der Waals surface area contributed by atoms with E-state index in [0.29, 0.717) is 0 Å². The Morgan fingerprint density at radius 3 is 2.58 bits per heavy atom. The molecule has 0 saturated carbocycles. The Hall–Kier alpha value is -2.06. The fourth-order valence-corrected chi connectivity index (χ4v) is 5.04. The highest BCUT2D eigenvalue weighted by atomic mass is 79.9. The minimum Gasteiger partial charge on any atom is -0.325 e. The van der Waals surface area contributed by atoms with Crippen LogP contribution in [0.3, 0.4) is 0 Å². The number of amides is 1. The number of hydrogen-bond donors (Lipinski definition) is 1. The number of thiazole rings is 1. The zero-order valence-electron chi connectivity index (χ0n) is 17.9. The first-order valence-electron chi connectivity index (χ1n) is 10.5. The summed E-state index contributed by atoms with van der Waals surface area (Å²) in [7, 11) is 2.18.